The molecule has 7 heteroatoms. The molecule has 1 aliphatic heterocycles. The van der Waals surface area contributed by atoms with E-state index in [4.69, 9.17) is 11.6 Å². The van der Waals surface area contributed by atoms with Crippen molar-refractivity contribution in [1.82, 2.24) is 4.90 Å². The summed E-state index contributed by atoms with van der Waals surface area (Å²) in [6.07, 6.45) is 0. The van der Waals surface area contributed by atoms with Crippen LogP contribution in [-0.4, -0.2) is 23.3 Å². The van der Waals surface area contributed by atoms with Crippen LogP contribution >= 0.6 is 27.5 Å². The molecule has 0 aromatic heterocycles. The molecule has 0 aliphatic carbocycles. The fourth-order valence-corrected chi connectivity index (χ4v) is 4.04. The molecule has 0 saturated heterocycles. The number of halogens is 3. The van der Waals surface area contributed by atoms with Crippen molar-refractivity contribution in [3.8, 4) is 0 Å². The van der Waals surface area contributed by atoms with Crippen molar-refractivity contribution in [3.63, 3.8) is 0 Å². The number of carbonyl (C=O) groups is 2. The van der Waals surface area contributed by atoms with Gasteiger partial charge in [-0.15, -0.1) is 0 Å². The third kappa shape index (κ3) is 4.04. The van der Waals surface area contributed by atoms with Gasteiger partial charge in [-0.1, -0.05) is 45.7 Å². The van der Waals surface area contributed by atoms with E-state index in [9.17, 15) is 14.0 Å². The first kappa shape index (κ1) is 19.6. The third-order valence-electron chi connectivity index (χ3n) is 4.73. The second kappa shape index (κ2) is 7.97. The van der Waals surface area contributed by atoms with Gasteiger partial charge < -0.3 is 10.2 Å². The van der Waals surface area contributed by atoms with Crippen LogP contribution in [0.3, 0.4) is 0 Å². The molecule has 3 aromatic carbocycles. The Balaban J connectivity index is 1.90. The minimum atomic E-state index is -0.616. The van der Waals surface area contributed by atoms with Crippen LogP contribution in [-0.2, 0) is 4.79 Å². The first-order valence-corrected chi connectivity index (χ1v) is 10.0. The molecule has 0 bridgehead atoms. The van der Waals surface area contributed by atoms with Gasteiger partial charge in [0.1, 0.15) is 12.4 Å². The molecule has 1 N–H and O–H groups in total. The van der Waals surface area contributed by atoms with E-state index < -0.39 is 6.04 Å². The lowest BCUT2D eigenvalue weighted by molar-refractivity contribution is -0.117. The molecule has 4 nitrogen and oxygen atoms in total. The number of hydrogen-bond acceptors (Lipinski definition) is 2. The Hall–Kier alpha value is -2.70. The number of nitrogens with one attached hydrogen (secondary N) is 1. The Bertz CT molecular complexity index is 1100. The Kier molecular flexibility index (Phi) is 5.39. The van der Waals surface area contributed by atoms with E-state index in [0.717, 1.165) is 4.47 Å². The Labute approximate surface area is 180 Å². The molecular formula is C22H15BrClFN2O2. The van der Waals surface area contributed by atoms with Gasteiger partial charge in [0.2, 0.25) is 5.91 Å². The Morgan fingerprint density at radius 2 is 1.86 bits per heavy atom. The molecule has 0 fully saturated rings. The van der Waals surface area contributed by atoms with Crippen LogP contribution in [0.4, 0.5) is 10.1 Å². The van der Waals surface area contributed by atoms with E-state index in [2.05, 4.69) is 21.2 Å². The van der Waals surface area contributed by atoms with E-state index in [1.54, 1.807) is 48.5 Å². The van der Waals surface area contributed by atoms with Crippen LogP contribution in [0.25, 0.3) is 0 Å². The number of nitrogens with zero attached hydrogens (tertiary/aromatic N) is 1. The summed E-state index contributed by atoms with van der Waals surface area (Å²) in [6, 6.07) is 17.3. The van der Waals surface area contributed by atoms with Gasteiger partial charge in [-0.3, -0.25) is 9.59 Å². The topological polar surface area (TPSA) is 49.4 Å². The second-order valence-electron chi connectivity index (χ2n) is 6.68. The zero-order valence-corrected chi connectivity index (χ0v) is 17.4. The molecule has 4 rings (SSSR count). The molecule has 2 amide bonds. The van der Waals surface area contributed by atoms with E-state index in [1.165, 1.54) is 17.0 Å². The number of hydrogen-bond donors (Lipinski definition) is 1. The lowest BCUT2D eigenvalue weighted by atomic mass is 9.95. The average Bonchev–Trinajstić information content (AvgIpc) is 2.84. The van der Waals surface area contributed by atoms with Gasteiger partial charge in [-0.2, -0.15) is 0 Å². The zero-order chi connectivity index (χ0) is 20.5. The van der Waals surface area contributed by atoms with Crippen molar-refractivity contribution in [1.29, 1.82) is 0 Å². The highest BCUT2D eigenvalue weighted by Gasteiger charge is 2.34. The van der Waals surface area contributed by atoms with Crippen LogP contribution in [0.1, 0.15) is 27.5 Å². The number of rotatable bonds is 2. The first-order chi connectivity index (χ1) is 13.9. The summed E-state index contributed by atoms with van der Waals surface area (Å²) < 4.78 is 14.3. The Morgan fingerprint density at radius 1 is 1.10 bits per heavy atom. The lowest BCUT2D eigenvalue weighted by Gasteiger charge is -2.30. The molecule has 0 saturated carbocycles. The van der Waals surface area contributed by atoms with Gasteiger partial charge in [-0.25, -0.2) is 4.39 Å². The monoisotopic (exact) mass is 472 g/mol. The first-order valence-electron chi connectivity index (χ1n) is 8.83. The molecule has 3 aromatic rings. The smallest absolute Gasteiger partial charge is 0.255 e. The largest absolute Gasteiger partial charge is 0.324 e. The van der Waals surface area contributed by atoms with Gasteiger partial charge in [0.15, 0.2) is 0 Å². The summed E-state index contributed by atoms with van der Waals surface area (Å²) in [5.74, 6) is -1.02. The van der Waals surface area contributed by atoms with Crippen LogP contribution in [0, 0.1) is 5.82 Å². The van der Waals surface area contributed by atoms with Crippen LogP contribution in [0.15, 0.2) is 71.2 Å². The van der Waals surface area contributed by atoms with Gasteiger partial charge in [0, 0.05) is 26.3 Å². The fraction of sp³-hybridized carbons (Fsp3) is 0.0909. The van der Waals surface area contributed by atoms with Gasteiger partial charge in [-0.05, 0) is 54.1 Å². The van der Waals surface area contributed by atoms with Crippen molar-refractivity contribution in [2.24, 2.45) is 0 Å². The van der Waals surface area contributed by atoms with Crippen molar-refractivity contribution >= 4 is 45.0 Å². The zero-order valence-electron chi connectivity index (χ0n) is 15.0. The molecule has 29 heavy (non-hydrogen) atoms. The van der Waals surface area contributed by atoms with E-state index in [1.807, 2.05) is 6.07 Å². The highest BCUT2D eigenvalue weighted by atomic mass is 79.9. The average molecular weight is 474 g/mol. The summed E-state index contributed by atoms with van der Waals surface area (Å²) in [6.45, 7) is -0.153. The number of benzene rings is 3. The third-order valence-corrected chi connectivity index (χ3v) is 5.45. The molecule has 1 atom stereocenters. The van der Waals surface area contributed by atoms with E-state index in [-0.39, 0.29) is 24.2 Å². The summed E-state index contributed by atoms with van der Waals surface area (Å²) in [5.41, 5.74) is 2.34. The Morgan fingerprint density at radius 3 is 2.59 bits per heavy atom. The second-order valence-corrected chi connectivity index (χ2v) is 8.03. The van der Waals surface area contributed by atoms with Crippen molar-refractivity contribution in [3.05, 3.63) is 98.7 Å². The fourth-order valence-electron chi connectivity index (χ4n) is 3.46. The maximum atomic E-state index is 13.5. The SMILES string of the molecule is O=C1CN(C(=O)c2cccc(Br)c2)[C@H](c2ccc(F)cc2)c2cc(Cl)ccc2N1. The predicted octanol–water partition coefficient (Wildman–Crippen LogP) is 5.43. The maximum Gasteiger partial charge on any atom is 0.255 e. The minimum Gasteiger partial charge on any atom is -0.324 e. The van der Waals surface area contributed by atoms with Crippen LogP contribution in [0.2, 0.25) is 5.02 Å². The normalized spacial score (nSPS) is 16.0. The summed E-state index contributed by atoms with van der Waals surface area (Å²) in [5, 5.41) is 3.31. The number of anilines is 1. The number of fused-ring (bicyclic) bond motifs is 1. The molecule has 0 unspecified atom stereocenters. The highest BCUT2D eigenvalue weighted by molar-refractivity contribution is 9.10. The van der Waals surface area contributed by atoms with Gasteiger partial charge >= 0.3 is 0 Å². The van der Waals surface area contributed by atoms with Crippen molar-refractivity contribution in [2.75, 3.05) is 11.9 Å². The molecular weight excluding hydrogens is 459 g/mol. The van der Waals surface area contributed by atoms with Gasteiger partial charge in [0.05, 0.1) is 6.04 Å². The van der Waals surface area contributed by atoms with Gasteiger partial charge in [0.25, 0.3) is 5.91 Å². The molecule has 1 heterocycles. The van der Waals surface area contributed by atoms with E-state index >= 15 is 0 Å². The molecule has 146 valence electrons. The number of carbonyl (C=O) groups excluding carboxylic acids is 2. The lowest BCUT2D eigenvalue weighted by Crippen LogP contribution is -2.39. The summed E-state index contributed by atoms with van der Waals surface area (Å²) in [4.78, 5) is 27.5. The summed E-state index contributed by atoms with van der Waals surface area (Å²) in [7, 11) is 0. The molecule has 0 spiro atoms. The maximum absolute atomic E-state index is 13.5. The van der Waals surface area contributed by atoms with Crippen LogP contribution < -0.4 is 5.32 Å². The standard InChI is InChI=1S/C22H15BrClFN2O2/c23-15-3-1-2-14(10-15)22(29)27-12-20(28)26-19-9-6-16(24)11-18(19)21(27)13-4-7-17(25)8-5-13/h1-11,21H,12H2,(H,26,28)/t21-/m1/s1. The van der Waals surface area contributed by atoms with Crippen LogP contribution in [0.5, 0.6) is 0 Å². The predicted molar refractivity (Wildman–Crippen MR) is 114 cm³/mol. The van der Waals surface area contributed by atoms with E-state index in [0.29, 0.717) is 27.4 Å². The van der Waals surface area contributed by atoms with Crippen molar-refractivity contribution < 1.29 is 14.0 Å². The minimum absolute atomic E-state index is 0.153. The molecule has 1 aliphatic rings. The number of amides is 2. The van der Waals surface area contributed by atoms with Crippen molar-refractivity contribution in [2.45, 2.75) is 6.04 Å². The quantitative estimate of drug-likeness (QED) is 0.540. The molecule has 0 radical (unpaired) electrons. The summed E-state index contributed by atoms with van der Waals surface area (Å²) >= 11 is 9.60. The highest BCUT2D eigenvalue weighted by Crippen LogP contribution is 2.38.